The molecule has 2 aliphatic heterocycles. The van der Waals surface area contributed by atoms with Gasteiger partial charge in [-0.15, -0.1) is 0 Å². The molecule has 0 N–H and O–H groups in total. The molecule has 3 rings (SSSR count). The first-order chi connectivity index (χ1) is 6.98. The molecule has 0 aromatic rings. The van der Waals surface area contributed by atoms with E-state index >= 15 is 0 Å². The van der Waals surface area contributed by atoms with Gasteiger partial charge in [-0.05, 0) is 11.7 Å². The molecule has 3 aliphatic rings. The Morgan fingerprint density at radius 2 is 2.27 bits per heavy atom. The highest BCUT2D eigenvalue weighted by Crippen LogP contribution is 2.75. The molecule has 0 spiro atoms. The number of hydrogen-bond donors (Lipinski definition) is 0. The molecule has 1 amide bonds. The molecule has 0 bridgehead atoms. The van der Waals surface area contributed by atoms with Crippen LogP contribution in [-0.2, 0) is 4.74 Å². The Labute approximate surface area is 91.4 Å². The fourth-order valence-electron chi connectivity index (χ4n) is 3.79. The van der Waals surface area contributed by atoms with Crippen LogP contribution < -0.4 is 0 Å². The number of carbonyl (C=O) groups is 1. The van der Waals surface area contributed by atoms with Crippen LogP contribution in [0.25, 0.3) is 0 Å². The van der Waals surface area contributed by atoms with Crippen molar-refractivity contribution in [2.45, 2.75) is 55.9 Å². The summed E-state index contributed by atoms with van der Waals surface area (Å²) in [5, 5.41) is 0.673. The summed E-state index contributed by atoms with van der Waals surface area (Å²) in [6.07, 6.45) is 3.65. The van der Waals surface area contributed by atoms with E-state index in [-0.39, 0.29) is 17.5 Å². The third-order valence-electron chi connectivity index (χ3n) is 5.23. The van der Waals surface area contributed by atoms with Gasteiger partial charge in [0, 0.05) is 7.05 Å². The maximum Gasteiger partial charge on any atom is 0.410 e. The largest absolute Gasteiger partial charge is 0.444 e. The highest BCUT2D eigenvalue weighted by molar-refractivity contribution is 6.60. The second-order valence-electron chi connectivity index (χ2n) is 6.03. The number of carbonyl (C=O) groups excluding carboxylic acids is 1. The topological polar surface area (TPSA) is 29.5 Å². The van der Waals surface area contributed by atoms with Gasteiger partial charge in [-0.3, -0.25) is 0 Å². The van der Waals surface area contributed by atoms with E-state index in [1.165, 1.54) is 20.1 Å². The summed E-state index contributed by atoms with van der Waals surface area (Å²) in [6, 6.07) is 0.326. The van der Waals surface area contributed by atoms with Gasteiger partial charge in [-0.2, -0.15) is 0 Å². The maximum absolute atomic E-state index is 11.6. The van der Waals surface area contributed by atoms with Crippen molar-refractivity contribution in [3.8, 4) is 0 Å². The Bertz CT molecular complexity index is 335. The minimum atomic E-state index is -0.123. The molecule has 0 radical (unpaired) electrons. The monoisotopic (exact) mass is 207 g/mol. The summed E-state index contributed by atoms with van der Waals surface area (Å²) in [7, 11) is 3.10. The van der Waals surface area contributed by atoms with Crippen LogP contribution in [0.15, 0.2) is 0 Å². The standard InChI is InChI=1S/C11H18BNO2/c1-10-6-4-5-7-8(11(10,2)12-10)15-9(14)13(7)3/h7-8,12H,4-6H2,1-3H3. The maximum atomic E-state index is 11.6. The molecule has 2 saturated heterocycles. The number of hydrogen-bond acceptors (Lipinski definition) is 2. The third-order valence-corrected chi connectivity index (χ3v) is 5.23. The molecule has 0 aromatic heterocycles. The molecule has 2 heterocycles. The number of fused-ring (bicyclic) bond motifs is 3. The summed E-state index contributed by atoms with van der Waals surface area (Å²) in [4.78, 5) is 13.4. The normalized spacial score (nSPS) is 52.5. The highest BCUT2D eigenvalue weighted by atomic mass is 16.6. The van der Waals surface area contributed by atoms with Gasteiger partial charge >= 0.3 is 6.09 Å². The van der Waals surface area contributed by atoms with E-state index in [9.17, 15) is 4.79 Å². The van der Waals surface area contributed by atoms with E-state index in [0.29, 0.717) is 11.4 Å². The summed E-state index contributed by atoms with van der Waals surface area (Å²) >= 11 is 0. The zero-order chi connectivity index (χ0) is 10.8. The zero-order valence-corrected chi connectivity index (χ0v) is 9.75. The van der Waals surface area contributed by atoms with Crippen LogP contribution in [0.5, 0.6) is 0 Å². The van der Waals surface area contributed by atoms with E-state index in [1.54, 1.807) is 4.90 Å². The minimum absolute atomic E-state index is 0.123. The van der Waals surface area contributed by atoms with Gasteiger partial charge in [0.2, 0.25) is 0 Å². The first-order valence-corrected chi connectivity index (χ1v) is 5.91. The lowest BCUT2D eigenvalue weighted by Crippen LogP contribution is -2.35. The summed E-state index contributed by atoms with van der Waals surface area (Å²) < 4.78 is 5.57. The van der Waals surface area contributed by atoms with Gasteiger partial charge in [0.15, 0.2) is 0 Å². The van der Waals surface area contributed by atoms with E-state index < -0.39 is 0 Å². The van der Waals surface area contributed by atoms with Gasteiger partial charge in [-0.1, -0.05) is 32.0 Å². The average Bonchev–Trinajstić information content (AvgIpc) is 2.62. The Balaban J connectivity index is 1.95. The molecule has 82 valence electrons. The molecular formula is C11H18BNO2. The first kappa shape index (κ1) is 9.55. The Morgan fingerprint density at radius 3 is 3.00 bits per heavy atom. The molecule has 4 unspecified atom stereocenters. The van der Waals surface area contributed by atoms with Crippen molar-refractivity contribution in [2.24, 2.45) is 0 Å². The first-order valence-electron chi connectivity index (χ1n) is 5.91. The van der Waals surface area contributed by atoms with Crippen molar-refractivity contribution in [3.05, 3.63) is 0 Å². The lowest BCUT2D eigenvalue weighted by molar-refractivity contribution is 0.109. The van der Waals surface area contributed by atoms with Crippen molar-refractivity contribution in [3.63, 3.8) is 0 Å². The van der Waals surface area contributed by atoms with Crippen LogP contribution in [0, 0.1) is 0 Å². The summed E-state index contributed by atoms with van der Waals surface area (Å²) in [5.74, 6) is 0. The smallest absolute Gasteiger partial charge is 0.410 e. The SMILES string of the molecule is CN1C(=O)OC2C1CCCC1(C)BC21C. The predicted octanol–water partition coefficient (Wildman–Crippen LogP) is 1.80. The number of amides is 1. The molecule has 1 saturated carbocycles. The molecule has 1 aliphatic carbocycles. The number of likely N-dealkylation sites (N-methyl/N-ethyl adjacent to an activating group) is 1. The van der Waals surface area contributed by atoms with Gasteiger partial charge in [0.05, 0.1) is 6.04 Å². The quantitative estimate of drug-likeness (QED) is 0.567. The molecule has 0 aromatic carbocycles. The fraction of sp³-hybridized carbons (Fsp3) is 0.909. The van der Waals surface area contributed by atoms with Crippen LogP contribution >= 0.6 is 0 Å². The third kappa shape index (κ3) is 1.00. The second kappa shape index (κ2) is 2.53. The molecule has 15 heavy (non-hydrogen) atoms. The van der Waals surface area contributed by atoms with E-state index in [2.05, 4.69) is 13.8 Å². The number of nitrogens with zero attached hydrogens (tertiary/aromatic N) is 1. The van der Waals surface area contributed by atoms with Crippen LogP contribution in [0.3, 0.4) is 0 Å². The van der Waals surface area contributed by atoms with Crippen molar-refractivity contribution in [2.75, 3.05) is 7.05 Å². The Morgan fingerprint density at radius 1 is 1.53 bits per heavy atom. The summed E-state index contributed by atoms with van der Waals surface area (Å²) in [6.45, 7) is 4.64. The van der Waals surface area contributed by atoms with Crippen LogP contribution in [0.1, 0.15) is 33.1 Å². The molecule has 3 nitrogen and oxygen atoms in total. The lowest BCUT2D eigenvalue weighted by atomic mass is 9.79. The van der Waals surface area contributed by atoms with Crippen molar-refractivity contribution < 1.29 is 9.53 Å². The number of ether oxygens (including phenoxy) is 1. The van der Waals surface area contributed by atoms with Crippen LogP contribution in [-0.4, -0.2) is 37.5 Å². The van der Waals surface area contributed by atoms with Crippen molar-refractivity contribution in [1.82, 2.24) is 4.90 Å². The molecule has 3 fully saturated rings. The van der Waals surface area contributed by atoms with Gasteiger partial charge in [-0.25, -0.2) is 4.79 Å². The van der Waals surface area contributed by atoms with E-state index in [1.807, 2.05) is 7.05 Å². The molecule has 4 heteroatoms. The van der Waals surface area contributed by atoms with Crippen molar-refractivity contribution in [1.29, 1.82) is 0 Å². The Kier molecular flexibility index (Phi) is 1.61. The second-order valence-corrected chi connectivity index (χ2v) is 6.03. The van der Waals surface area contributed by atoms with Crippen molar-refractivity contribution >= 4 is 13.4 Å². The molecule has 4 atom stereocenters. The van der Waals surface area contributed by atoms with Gasteiger partial charge in [0.1, 0.15) is 13.4 Å². The molecular weight excluding hydrogens is 189 g/mol. The predicted molar refractivity (Wildman–Crippen MR) is 59.6 cm³/mol. The fourth-order valence-corrected chi connectivity index (χ4v) is 3.79. The summed E-state index contributed by atoms with van der Waals surface area (Å²) in [5.41, 5.74) is 0. The van der Waals surface area contributed by atoms with Gasteiger partial charge in [0.25, 0.3) is 0 Å². The Hall–Kier alpha value is -0.665. The van der Waals surface area contributed by atoms with E-state index in [4.69, 9.17) is 4.74 Å². The average molecular weight is 207 g/mol. The lowest BCUT2D eigenvalue weighted by Gasteiger charge is -2.26. The number of rotatable bonds is 0. The minimum Gasteiger partial charge on any atom is -0.444 e. The highest BCUT2D eigenvalue weighted by Gasteiger charge is 2.70. The van der Waals surface area contributed by atoms with Gasteiger partial charge < -0.3 is 9.64 Å². The zero-order valence-electron chi connectivity index (χ0n) is 9.75. The van der Waals surface area contributed by atoms with Crippen LogP contribution in [0.4, 0.5) is 4.79 Å². The van der Waals surface area contributed by atoms with Crippen LogP contribution in [0.2, 0.25) is 10.6 Å². The van der Waals surface area contributed by atoms with E-state index in [0.717, 1.165) is 6.42 Å².